The summed E-state index contributed by atoms with van der Waals surface area (Å²) in [6, 6.07) is 0. The van der Waals surface area contributed by atoms with Crippen molar-refractivity contribution in [3.8, 4) is 0 Å². The van der Waals surface area contributed by atoms with Gasteiger partial charge in [-0.25, -0.2) is 4.68 Å². The molecule has 0 spiro atoms. The molecule has 1 aromatic heterocycles. The molecule has 106 valence electrons. The third-order valence-electron chi connectivity index (χ3n) is 2.46. The summed E-state index contributed by atoms with van der Waals surface area (Å²) >= 11 is 3.25. The van der Waals surface area contributed by atoms with Gasteiger partial charge in [0.1, 0.15) is 4.47 Å². The topological polar surface area (TPSA) is 73.2 Å². The summed E-state index contributed by atoms with van der Waals surface area (Å²) in [5, 5.41) is 7.09. The van der Waals surface area contributed by atoms with Gasteiger partial charge in [0.05, 0.1) is 18.5 Å². The minimum Gasteiger partial charge on any atom is -0.466 e. The smallest absolute Gasteiger partial charge is 0.305 e. The maximum absolute atomic E-state index is 11.8. The molecule has 0 saturated heterocycles. The Bertz CT molecular complexity index is 488. The molecule has 0 bridgehead atoms. The van der Waals surface area contributed by atoms with Crippen LogP contribution in [-0.2, 0) is 16.1 Å². The Labute approximate surface area is 120 Å². The fraction of sp³-hybridized carbons (Fsp3) is 0.583. The Morgan fingerprint density at radius 1 is 1.53 bits per heavy atom. The summed E-state index contributed by atoms with van der Waals surface area (Å²) in [7, 11) is 0. The predicted octanol–water partition coefficient (Wildman–Crippen LogP) is 1.78. The van der Waals surface area contributed by atoms with Crippen LogP contribution in [0.2, 0.25) is 0 Å². The van der Waals surface area contributed by atoms with E-state index in [1.165, 1.54) is 4.68 Å². The van der Waals surface area contributed by atoms with Crippen molar-refractivity contribution in [1.82, 2.24) is 9.78 Å². The van der Waals surface area contributed by atoms with Crippen molar-refractivity contribution >= 4 is 27.6 Å². The molecule has 0 radical (unpaired) electrons. The number of rotatable bonds is 7. The second-order valence-electron chi connectivity index (χ2n) is 3.83. The number of esters is 1. The number of hydrogen-bond acceptors (Lipinski definition) is 5. The molecule has 0 unspecified atom stereocenters. The van der Waals surface area contributed by atoms with E-state index in [4.69, 9.17) is 4.74 Å². The van der Waals surface area contributed by atoms with Crippen molar-refractivity contribution in [3.63, 3.8) is 0 Å². The highest BCUT2D eigenvalue weighted by Crippen LogP contribution is 2.15. The number of halogens is 1. The molecule has 0 aromatic carbocycles. The van der Waals surface area contributed by atoms with Gasteiger partial charge in [-0.1, -0.05) is 0 Å². The zero-order chi connectivity index (χ0) is 14.3. The summed E-state index contributed by atoms with van der Waals surface area (Å²) in [6.45, 7) is 5.14. The van der Waals surface area contributed by atoms with Gasteiger partial charge in [0, 0.05) is 19.5 Å². The number of hydrogen-bond donors (Lipinski definition) is 1. The first-order valence-electron chi connectivity index (χ1n) is 6.25. The third kappa shape index (κ3) is 4.66. The molecule has 7 heteroatoms. The highest BCUT2D eigenvalue weighted by molar-refractivity contribution is 9.10. The van der Waals surface area contributed by atoms with Gasteiger partial charge in [-0.2, -0.15) is 5.10 Å². The van der Waals surface area contributed by atoms with Crippen molar-refractivity contribution in [1.29, 1.82) is 0 Å². The first kappa shape index (κ1) is 15.7. The number of nitrogens with one attached hydrogen (secondary N) is 1. The third-order valence-corrected chi connectivity index (χ3v) is 3.23. The molecule has 0 amide bonds. The second-order valence-corrected chi connectivity index (χ2v) is 4.62. The van der Waals surface area contributed by atoms with Gasteiger partial charge in [0.25, 0.3) is 5.56 Å². The lowest BCUT2D eigenvalue weighted by molar-refractivity contribution is -0.143. The van der Waals surface area contributed by atoms with Crippen LogP contribution in [0.4, 0.5) is 5.69 Å². The first-order chi connectivity index (χ1) is 9.10. The van der Waals surface area contributed by atoms with Gasteiger partial charge in [-0.3, -0.25) is 9.59 Å². The van der Waals surface area contributed by atoms with Crippen LogP contribution in [-0.4, -0.2) is 28.9 Å². The molecule has 0 saturated carbocycles. The summed E-state index contributed by atoms with van der Waals surface area (Å²) in [5.41, 5.74) is 0.469. The monoisotopic (exact) mass is 331 g/mol. The van der Waals surface area contributed by atoms with E-state index in [2.05, 4.69) is 26.3 Å². The fourth-order valence-electron chi connectivity index (χ4n) is 1.50. The lowest BCUT2D eigenvalue weighted by Crippen LogP contribution is -2.23. The SMILES string of the molecule is CCOC(=O)CCCNc1cnn(CC)c(=O)c1Br. The average molecular weight is 332 g/mol. The maximum Gasteiger partial charge on any atom is 0.305 e. The van der Waals surface area contributed by atoms with Crippen LogP contribution in [0.25, 0.3) is 0 Å². The second kappa shape index (κ2) is 7.93. The number of aryl methyl sites for hydroxylation is 1. The number of ether oxygens (including phenoxy) is 1. The molecular weight excluding hydrogens is 314 g/mol. The van der Waals surface area contributed by atoms with Crippen molar-refractivity contribution in [2.24, 2.45) is 0 Å². The quantitative estimate of drug-likeness (QED) is 0.609. The largest absolute Gasteiger partial charge is 0.466 e. The zero-order valence-electron chi connectivity index (χ0n) is 11.1. The highest BCUT2D eigenvalue weighted by Gasteiger charge is 2.07. The number of anilines is 1. The molecule has 0 fully saturated rings. The fourth-order valence-corrected chi connectivity index (χ4v) is 1.95. The maximum atomic E-state index is 11.8. The van der Waals surface area contributed by atoms with Crippen LogP contribution in [0, 0.1) is 0 Å². The van der Waals surface area contributed by atoms with Gasteiger partial charge >= 0.3 is 5.97 Å². The Hall–Kier alpha value is -1.37. The van der Waals surface area contributed by atoms with Crippen LogP contribution in [0.5, 0.6) is 0 Å². The van der Waals surface area contributed by atoms with E-state index in [0.717, 1.165) is 0 Å². The van der Waals surface area contributed by atoms with Crippen molar-refractivity contribution in [2.45, 2.75) is 33.2 Å². The van der Waals surface area contributed by atoms with Crippen molar-refractivity contribution < 1.29 is 9.53 Å². The zero-order valence-corrected chi connectivity index (χ0v) is 12.7. The molecule has 0 aliphatic rings. The Kier molecular flexibility index (Phi) is 6.55. The Balaban J connectivity index is 2.48. The first-order valence-corrected chi connectivity index (χ1v) is 7.04. The standard InChI is InChI=1S/C12H18BrN3O3/c1-3-16-12(18)11(13)9(8-15-16)14-7-5-6-10(17)19-4-2/h8,14H,3-7H2,1-2H3. The van der Waals surface area contributed by atoms with E-state index >= 15 is 0 Å². The van der Waals surface area contributed by atoms with Gasteiger partial charge in [-0.05, 0) is 36.2 Å². The Morgan fingerprint density at radius 3 is 2.89 bits per heavy atom. The molecule has 0 atom stereocenters. The number of aromatic nitrogens is 2. The van der Waals surface area contributed by atoms with Crippen molar-refractivity contribution in [2.75, 3.05) is 18.5 Å². The van der Waals surface area contributed by atoms with Gasteiger partial charge in [-0.15, -0.1) is 0 Å². The molecular formula is C12H18BrN3O3. The molecule has 1 aromatic rings. The van der Waals surface area contributed by atoms with Gasteiger partial charge in [0.15, 0.2) is 0 Å². The van der Waals surface area contributed by atoms with E-state index in [1.807, 2.05) is 6.92 Å². The number of carbonyl (C=O) groups is 1. The minimum absolute atomic E-state index is 0.169. The molecule has 19 heavy (non-hydrogen) atoms. The van der Waals surface area contributed by atoms with Gasteiger partial charge in [0.2, 0.25) is 0 Å². The van der Waals surface area contributed by atoms with Crippen LogP contribution >= 0.6 is 15.9 Å². The van der Waals surface area contributed by atoms with E-state index in [9.17, 15) is 9.59 Å². The van der Waals surface area contributed by atoms with E-state index < -0.39 is 0 Å². The van der Waals surface area contributed by atoms with E-state index in [0.29, 0.717) is 42.7 Å². The van der Waals surface area contributed by atoms with Gasteiger partial charge < -0.3 is 10.1 Å². The van der Waals surface area contributed by atoms with Crippen LogP contribution in [0.3, 0.4) is 0 Å². The lowest BCUT2D eigenvalue weighted by atomic mass is 10.3. The lowest BCUT2D eigenvalue weighted by Gasteiger charge is -2.09. The number of carbonyl (C=O) groups excluding carboxylic acids is 1. The molecule has 0 aliphatic heterocycles. The average Bonchev–Trinajstić information content (AvgIpc) is 2.40. The predicted molar refractivity (Wildman–Crippen MR) is 76.2 cm³/mol. The van der Waals surface area contributed by atoms with Crippen molar-refractivity contribution in [3.05, 3.63) is 21.0 Å². The summed E-state index contributed by atoms with van der Waals surface area (Å²) in [6.07, 6.45) is 2.60. The summed E-state index contributed by atoms with van der Waals surface area (Å²) in [5.74, 6) is -0.206. The Morgan fingerprint density at radius 2 is 2.26 bits per heavy atom. The van der Waals surface area contributed by atoms with Crippen LogP contribution in [0.1, 0.15) is 26.7 Å². The summed E-state index contributed by atoms with van der Waals surface area (Å²) in [4.78, 5) is 22.9. The molecule has 0 aliphatic carbocycles. The molecule has 1 rings (SSSR count). The van der Waals surface area contributed by atoms with E-state index in [-0.39, 0.29) is 11.5 Å². The number of nitrogens with zero attached hydrogens (tertiary/aromatic N) is 2. The normalized spacial score (nSPS) is 10.3. The molecule has 6 nitrogen and oxygen atoms in total. The minimum atomic E-state index is -0.206. The molecule has 1 heterocycles. The van der Waals surface area contributed by atoms with Crippen LogP contribution < -0.4 is 10.9 Å². The molecule has 1 N–H and O–H groups in total. The summed E-state index contributed by atoms with van der Waals surface area (Å²) < 4.78 is 6.65. The van der Waals surface area contributed by atoms with Crippen LogP contribution in [0.15, 0.2) is 15.5 Å². The highest BCUT2D eigenvalue weighted by atomic mass is 79.9. The van der Waals surface area contributed by atoms with E-state index in [1.54, 1.807) is 13.1 Å².